The van der Waals surface area contributed by atoms with Gasteiger partial charge in [0.25, 0.3) is 15.9 Å². The topological polar surface area (TPSA) is 142 Å². The van der Waals surface area contributed by atoms with E-state index in [0.717, 1.165) is 48.8 Å². The van der Waals surface area contributed by atoms with Gasteiger partial charge in [-0.15, -0.1) is 0 Å². The van der Waals surface area contributed by atoms with Crippen molar-refractivity contribution in [2.45, 2.75) is 75.1 Å². The van der Waals surface area contributed by atoms with E-state index in [1.54, 1.807) is 66.9 Å². The van der Waals surface area contributed by atoms with E-state index in [4.69, 9.17) is 10.1 Å². The molecule has 0 bridgehead atoms. The molecule has 11 nitrogen and oxygen atoms in total. The van der Waals surface area contributed by atoms with E-state index >= 15 is 0 Å². The largest absolute Gasteiger partial charge is 0.393 e. The van der Waals surface area contributed by atoms with Crippen LogP contribution in [0.3, 0.4) is 0 Å². The maximum atomic E-state index is 13.6. The number of carbonyl (C=O) groups excluding carboxylic acids is 1. The Morgan fingerprint density at radius 2 is 1.82 bits per heavy atom. The number of hydrogen-bond acceptors (Lipinski definition) is 8. The zero-order valence-electron chi connectivity index (χ0n) is 27.7. The summed E-state index contributed by atoms with van der Waals surface area (Å²) < 4.78 is 43.7. The maximum Gasteiger partial charge on any atom is 0.264 e. The summed E-state index contributed by atoms with van der Waals surface area (Å²) in [6, 6.07) is 13.0. The van der Waals surface area contributed by atoms with Crippen molar-refractivity contribution in [2.24, 2.45) is 0 Å². The van der Waals surface area contributed by atoms with Crippen LogP contribution in [0.5, 0.6) is 0 Å². The Bertz CT molecular complexity index is 1950. The summed E-state index contributed by atoms with van der Waals surface area (Å²) in [6.07, 6.45) is 10.7. The van der Waals surface area contributed by atoms with E-state index in [2.05, 4.69) is 22.5 Å². The molecule has 0 radical (unpaired) electrons. The first-order valence-corrected chi connectivity index (χ1v) is 18.2. The lowest BCUT2D eigenvalue weighted by Gasteiger charge is -2.25. The van der Waals surface area contributed by atoms with Crippen LogP contribution in [0.4, 0.5) is 16.0 Å². The van der Waals surface area contributed by atoms with Crippen LogP contribution in [0, 0.1) is 0 Å². The fourth-order valence-electron chi connectivity index (χ4n) is 6.11. The van der Waals surface area contributed by atoms with Gasteiger partial charge >= 0.3 is 0 Å². The molecule has 1 saturated carbocycles. The maximum absolute atomic E-state index is 13.6. The second-order valence-electron chi connectivity index (χ2n) is 12.6. The Balaban J connectivity index is 1.19. The first-order valence-electron chi connectivity index (χ1n) is 16.8. The minimum Gasteiger partial charge on any atom is -0.393 e. The van der Waals surface area contributed by atoms with Crippen molar-refractivity contribution in [3.63, 3.8) is 0 Å². The predicted octanol–water partition coefficient (Wildman–Crippen LogP) is 5.96. The van der Waals surface area contributed by atoms with Crippen molar-refractivity contribution in [3.8, 4) is 11.3 Å². The second-order valence-corrected chi connectivity index (χ2v) is 14.6. The molecule has 0 aliphatic heterocycles. The predicted molar refractivity (Wildman–Crippen MR) is 189 cm³/mol. The molecule has 2 aromatic heterocycles. The van der Waals surface area contributed by atoms with Gasteiger partial charge in [-0.1, -0.05) is 43.7 Å². The number of hydrogen-bond donors (Lipinski definition) is 3. The van der Waals surface area contributed by atoms with Gasteiger partial charge in [0, 0.05) is 43.9 Å². The van der Waals surface area contributed by atoms with Gasteiger partial charge in [-0.05, 0) is 74.1 Å². The Hall–Kier alpha value is -4.62. The molecule has 0 spiro atoms. The van der Waals surface area contributed by atoms with Crippen molar-refractivity contribution < 1.29 is 22.7 Å². The average Bonchev–Trinajstić information content (AvgIpc) is 3.50. The first kappa shape index (κ1) is 34.3. The standard InChI is InChI=1S/C36H42FN7O4S/c1-3-4-21-38-36-40-23-32-33(42-44(34(32)41-36)29-15-17-30(45)18-16-29)25-9-19-31(20-10-25)49(47,48)43(2)28-13-7-26(8-14-28)35(46)39-22-24-5-11-27(37)12-6-24/h5-11,13-14,19-20,23,27,29-30,45H,3-4,12,15-18,21-22H2,1-2H3,(H,39,46)(H,38,40,41). The van der Waals surface area contributed by atoms with Crippen LogP contribution in [0.2, 0.25) is 0 Å². The SMILES string of the molecule is CCCCNc1ncc2c(-c3ccc(S(=O)(=O)N(C)c4ccc(C(=O)NCC5=CCC(F)C=C5)cc4)cc3)nn(C3CCC(O)CC3)c2n1. The van der Waals surface area contributed by atoms with Gasteiger partial charge in [0.2, 0.25) is 5.95 Å². The molecule has 1 amide bonds. The minimum absolute atomic E-state index is 0.0841. The molecule has 4 aromatic rings. The number of rotatable bonds is 12. The number of nitrogens with one attached hydrogen (secondary N) is 2. The number of allylic oxidation sites excluding steroid dienone is 2. The summed E-state index contributed by atoms with van der Waals surface area (Å²) in [5, 5.41) is 21.9. The lowest BCUT2D eigenvalue weighted by Crippen LogP contribution is -2.27. The Morgan fingerprint density at radius 1 is 1.08 bits per heavy atom. The van der Waals surface area contributed by atoms with Crippen LogP contribution in [-0.2, 0) is 10.0 Å². The number of aliphatic hydroxyl groups is 1. The minimum atomic E-state index is -3.92. The Morgan fingerprint density at radius 3 is 2.49 bits per heavy atom. The normalized spacial score (nSPS) is 19.4. The molecular formula is C36H42FN7O4S. The van der Waals surface area contributed by atoms with Gasteiger partial charge in [-0.25, -0.2) is 22.5 Å². The third kappa shape index (κ3) is 7.67. The summed E-state index contributed by atoms with van der Waals surface area (Å²) in [5.41, 5.74) is 3.71. The number of sulfonamides is 1. The molecule has 0 saturated heterocycles. The monoisotopic (exact) mass is 687 g/mol. The van der Waals surface area contributed by atoms with E-state index in [-0.39, 0.29) is 29.5 Å². The van der Waals surface area contributed by atoms with Crippen LogP contribution in [0.25, 0.3) is 22.3 Å². The van der Waals surface area contributed by atoms with Gasteiger partial charge in [-0.3, -0.25) is 9.10 Å². The molecule has 1 unspecified atom stereocenters. The Labute approximate surface area is 286 Å². The third-order valence-electron chi connectivity index (χ3n) is 9.13. The molecule has 1 fully saturated rings. The molecule has 2 heterocycles. The number of fused-ring (bicyclic) bond motifs is 1. The van der Waals surface area contributed by atoms with Crippen LogP contribution < -0.4 is 14.9 Å². The van der Waals surface area contributed by atoms with E-state index in [1.807, 2.05) is 4.68 Å². The molecular weight excluding hydrogens is 646 g/mol. The second kappa shape index (κ2) is 14.9. The zero-order chi connectivity index (χ0) is 34.5. The highest BCUT2D eigenvalue weighted by molar-refractivity contribution is 7.92. The molecule has 49 heavy (non-hydrogen) atoms. The van der Waals surface area contributed by atoms with E-state index < -0.39 is 16.2 Å². The average molecular weight is 688 g/mol. The van der Waals surface area contributed by atoms with Crippen LogP contribution >= 0.6 is 0 Å². The number of amides is 1. The lowest BCUT2D eigenvalue weighted by molar-refractivity contribution is 0.0957. The number of nitrogens with zero attached hydrogens (tertiary/aromatic N) is 5. The van der Waals surface area contributed by atoms with Crippen LogP contribution in [0.1, 0.15) is 68.3 Å². The summed E-state index contributed by atoms with van der Waals surface area (Å²) in [5.74, 6) is 0.226. The quantitative estimate of drug-likeness (QED) is 0.155. The van der Waals surface area contributed by atoms with Crippen molar-refractivity contribution in [1.29, 1.82) is 0 Å². The number of anilines is 2. The fraction of sp³-hybridized carbons (Fsp3) is 0.389. The molecule has 2 aromatic carbocycles. The molecule has 2 aliphatic rings. The summed E-state index contributed by atoms with van der Waals surface area (Å²) in [6.45, 7) is 3.17. The van der Waals surface area contributed by atoms with Gasteiger partial charge in [0.1, 0.15) is 11.9 Å². The molecule has 6 rings (SSSR count). The van der Waals surface area contributed by atoms with Crippen LogP contribution in [-0.4, -0.2) is 71.6 Å². The van der Waals surface area contributed by atoms with Gasteiger partial charge in [0.15, 0.2) is 5.65 Å². The smallest absolute Gasteiger partial charge is 0.264 e. The number of halogens is 1. The molecule has 258 valence electrons. The number of aliphatic hydroxyl groups excluding tert-OH is 1. The first-order chi connectivity index (χ1) is 23.6. The summed E-state index contributed by atoms with van der Waals surface area (Å²) in [4.78, 5) is 22.1. The molecule has 13 heteroatoms. The number of aromatic nitrogens is 4. The lowest BCUT2D eigenvalue weighted by atomic mass is 9.93. The van der Waals surface area contributed by atoms with Crippen molar-refractivity contribution in [1.82, 2.24) is 25.1 Å². The van der Waals surface area contributed by atoms with Gasteiger partial charge < -0.3 is 15.7 Å². The highest BCUT2D eigenvalue weighted by atomic mass is 32.2. The highest BCUT2D eigenvalue weighted by Gasteiger charge is 2.27. The van der Waals surface area contributed by atoms with Crippen molar-refractivity contribution in [3.05, 3.63) is 84.1 Å². The van der Waals surface area contributed by atoms with E-state index in [0.29, 0.717) is 47.8 Å². The highest BCUT2D eigenvalue weighted by Crippen LogP contribution is 2.35. The third-order valence-corrected chi connectivity index (χ3v) is 10.9. The Kier molecular flexibility index (Phi) is 10.4. The zero-order valence-corrected chi connectivity index (χ0v) is 28.5. The van der Waals surface area contributed by atoms with Crippen molar-refractivity contribution in [2.75, 3.05) is 29.8 Å². The number of unbranched alkanes of at least 4 members (excludes halogenated alkanes) is 1. The van der Waals surface area contributed by atoms with E-state index in [1.165, 1.54) is 17.4 Å². The molecule has 3 N–H and O–H groups in total. The van der Waals surface area contributed by atoms with Gasteiger partial charge in [-0.2, -0.15) is 10.1 Å². The van der Waals surface area contributed by atoms with Crippen molar-refractivity contribution >= 4 is 38.6 Å². The molecule has 1 atom stereocenters. The number of benzene rings is 2. The summed E-state index contributed by atoms with van der Waals surface area (Å²) in [7, 11) is -2.45. The van der Waals surface area contributed by atoms with Crippen LogP contribution in [0.15, 0.2) is 83.4 Å². The summed E-state index contributed by atoms with van der Waals surface area (Å²) >= 11 is 0. The number of carbonyl (C=O) groups is 1. The fourth-order valence-corrected chi connectivity index (χ4v) is 7.31. The molecule has 2 aliphatic carbocycles. The van der Waals surface area contributed by atoms with E-state index in [9.17, 15) is 22.7 Å². The number of alkyl halides is 1. The van der Waals surface area contributed by atoms with Gasteiger partial charge in [0.05, 0.1) is 28.1 Å².